The summed E-state index contributed by atoms with van der Waals surface area (Å²) in [6, 6.07) is 25.0. The highest BCUT2D eigenvalue weighted by Gasteiger charge is 2.16. The number of para-hydroxylation sites is 1. The lowest BCUT2D eigenvalue weighted by molar-refractivity contribution is 1.11. The van der Waals surface area contributed by atoms with E-state index in [2.05, 4.69) is 69.8 Å². The van der Waals surface area contributed by atoms with Crippen LogP contribution in [0, 0.1) is 0 Å². The van der Waals surface area contributed by atoms with E-state index in [1.54, 1.807) is 0 Å². The highest BCUT2D eigenvalue weighted by molar-refractivity contribution is 6.23. The number of rotatable bonds is 1. The Morgan fingerprint density at radius 1 is 0.615 bits per heavy atom. The summed E-state index contributed by atoms with van der Waals surface area (Å²) in [4.78, 5) is 8.48. The van der Waals surface area contributed by atoms with Gasteiger partial charge in [-0.25, -0.2) is 4.98 Å². The summed E-state index contributed by atoms with van der Waals surface area (Å²) in [5, 5.41) is 13.5. The van der Waals surface area contributed by atoms with Gasteiger partial charge in [0.1, 0.15) is 5.69 Å². The van der Waals surface area contributed by atoms with Crippen molar-refractivity contribution in [1.29, 1.82) is 0 Å². The largest absolute Gasteiger partial charge is 0.336 e. The molecule has 6 aromatic rings. The minimum absolute atomic E-state index is 0.791. The first-order valence-corrected chi connectivity index (χ1v) is 8.63. The molecule has 6 rings (SSSR count). The molecule has 122 valence electrons. The van der Waals surface area contributed by atoms with Gasteiger partial charge in [-0.2, -0.15) is 5.10 Å². The fourth-order valence-electron chi connectivity index (χ4n) is 3.88. The number of benzene rings is 4. The molecular weight excluding hydrogens is 320 g/mol. The summed E-state index contributed by atoms with van der Waals surface area (Å²) in [5.41, 5.74) is 3.91. The lowest BCUT2D eigenvalue weighted by Crippen LogP contribution is -1.81. The standard InChI is InChI=1S/C22H14N4/c1-3-9-15-13(7-1)14-8-2-4-10-16(14)20-19(15)23-22(24-20)21-17-11-5-6-12-18(17)25-26-21/h1-12H,(H,23,24)(H,25,26). The molecule has 0 saturated carbocycles. The van der Waals surface area contributed by atoms with Crippen molar-refractivity contribution >= 4 is 43.5 Å². The monoisotopic (exact) mass is 334 g/mol. The molecule has 2 aromatic heterocycles. The van der Waals surface area contributed by atoms with Crippen LogP contribution < -0.4 is 0 Å². The minimum Gasteiger partial charge on any atom is -0.336 e. The summed E-state index contributed by atoms with van der Waals surface area (Å²) in [6.45, 7) is 0. The van der Waals surface area contributed by atoms with Gasteiger partial charge in [-0.05, 0) is 16.8 Å². The lowest BCUT2D eigenvalue weighted by Gasteiger charge is -2.05. The van der Waals surface area contributed by atoms with Crippen LogP contribution in [0.2, 0.25) is 0 Å². The fraction of sp³-hybridized carbons (Fsp3) is 0. The molecule has 0 atom stereocenters. The first kappa shape index (κ1) is 13.6. The van der Waals surface area contributed by atoms with Crippen LogP contribution in [0.4, 0.5) is 0 Å². The maximum absolute atomic E-state index is 4.95. The van der Waals surface area contributed by atoms with E-state index in [0.29, 0.717) is 0 Å². The van der Waals surface area contributed by atoms with Crippen molar-refractivity contribution in [3.63, 3.8) is 0 Å². The SMILES string of the molecule is c1ccc2c(-c3nc4c5ccccc5c5ccccc5c4[nH]3)n[nH]c2c1. The first-order chi connectivity index (χ1) is 12.9. The number of fused-ring (bicyclic) bond motifs is 7. The molecule has 0 amide bonds. The van der Waals surface area contributed by atoms with Crippen molar-refractivity contribution in [2.75, 3.05) is 0 Å². The second kappa shape index (κ2) is 4.92. The quantitative estimate of drug-likeness (QED) is 0.395. The molecule has 0 radical (unpaired) electrons. The second-order valence-corrected chi connectivity index (χ2v) is 6.52. The topological polar surface area (TPSA) is 57.4 Å². The smallest absolute Gasteiger partial charge is 0.159 e. The van der Waals surface area contributed by atoms with Crippen LogP contribution in [-0.2, 0) is 0 Å². The Morgan fingerprint density at radius 3 is 2.04 bits per heavy atom. The number of H-pyrrole nitrogens is 2. The predicted molar refractivity (Wildman–Crippen MR) is 106 cm³/mol. The Balaban J connectivity index is 1.78. The van der Waals surface area contributed by atoms with Gasteiger partial charge < -0.3 is 4.98 Å². The molecule has 4 nitrogen and oxygen atoms in total. The highest BCUT2D eigenvalue weighted by atomic mass is 15.1. The number of aromatic amines is 2. The summed E-state index contributed by atoms with van der Waals surface area (Å²) < 4.78 is 0. The highest BCUT2D eigenvalue weighted by Crippen LogP contribution is 2.35. The normalized spacial score (nSPS) is 11.8. The molecule has 0 unspecified atom stereocenters. The summed E-state index contributed by atoms with van der Waals surface area (Å²) in [6.07, 6.45) is 0. The van der Waals surface area contributed by atoms with E-state index in [1.807, 2.05) is 18.2 Å². The molecule has 2 heterocycles. The van der Waals surface area contributed by atoms with Crippen molar-refractivity contribution in [2.24, 2.45) is 0 Å². The average Bonchev–Trinajstić information content (AvgIpc) is 3.33. The summed E-state index contributed by atoms with van der Waals surface area (Å²) in [5.74, 6) is 0.791. The van der Waals surface area contributed by atoms with Gasteiger partial charge in [0, 0.05) is 16.2 Å². The van der Waals surface area contributed by atoms with E-state index in [4.69, 9.17) is 4.98 Å². The first-order valence-electron chi connectivity index (χ1n) is 8.63. The lowest BCUT2D eigenvalue weighted by atomic mass is 10.0. The molecule has 4 aromatic carbocycles. The molecule has 0 aliphatic rings. The van der Waals surface area contributed by atoms with Gasteiger partial charge in [0.05, 0.1) is 16.6 Å². The zero-order chi connectivity index (χ0) is 17.1. The molecule has 0 bridgehead atoms. The third-order valence-corrected chi connectivity index (χ3v) is 5.07. The van der Waals surface area contributed by atoms with Crippen LogP contribution in [0.1, 0.15) is 0 Å². The van der Waals surface area contributed by atoms with E-state index >= 15 is 0 Å². The van der Waals surface area contributed by atoms with Crippen molar-refractivity contribution in [2.45, 2.75) is 0 Å². The van der Waals surface area contributed by atoms with E-state index in [9.17, 15) is 0 Å². The Bertz CT molecular complexity index is 1370. The van der Waals surface area contributed by atoms with Crippen LogP contribution in [0.15, 0.2) is 72.8 Å². The van der Waals surface area contributed by atoms with Crippen molar-refractivity contribution in [1.82, 2.24) is 20.2 Å². The van der Waals surface area contributed by atoms with Crippen LogP contribution in [-0.4, -0.2) is 20.2 Å². The van der Waals surface area contributed by atoms with Gasteiger partial charge in [0.15, 0.2) is 5.82 Å². The zero-order valence-electron chi connectivity index (χ0n) is 13.8. The average molecular weight is 334 g/mol. The molecule has 0 aliphatic carbocycles. The molecular formula is C22H14N4. The van der Waals surface area contributed by atoms with Crippen molar-refractivity contribution < 1.29 is 0 Å². The van der Waals surface area contributed by atoms with Gasteiger partial charge in [0.2, 0.25) is 0 Å². The van der Waals surface area contributed by atoms with E-state index in [-0.39, 0.29) is 0 Å². The molecule has 0 saturated heterocycles. The second-order valence-electron chi connectivity index (χ2n) is 6.52. The van der Waals surface area contributed by atoms with Crippen LogP contribution >= 0.6 is 0 Å². The Hall–Kier alpha value is -3.66. The molecule has 4 heteroatoms. The number of hydrogen-bond donors (Lipinski definition) is 2. The van der Waals surface area contributed by atoms with Gasteiger partial charge in [-0.1, -0.05) is 66.7 Å². The number of imidazole rings is 1. The maximum Gasteiger partial charge on any atom is 0.159 e. The third-order valence-electron chi connectivity index (χ3n) is 5.07. The van der Waals surface area contributed by atoms with Gasteiger partial charge in [0.25, 0.3) is 0 Å². The van der Waals surface area contributed by atoms with Crippen molar-refractivity contribution in [3.05, 3.63) is 72.8 Å². The Labute approximate surface area is 148 Å². The van der Waals surface area contributed by atoms with E-state index in [1.165, 1.54) is 16.2 Å². The van der Waals surface area contributed by atoms with Crippen LogP contribution in [0.5, 0.6) is 0 Å². The Kier molecular flexibility index (Phi) is 2.58. The molecule has 26 heavy (non-hydrogen) atoms. The van der Waals surface area contributed by atoms with Gasteiger partial charge >= 0.3 is 0 Å². The van der Waals surface area contributed by atoms with Gasteiger partial charge in [-0.15, -0.1) is 0 Å². The van der Waals surface area contributed by atoms with Crippen LogP contribution in [0.25, 0.3) is 55.0 Å². The van der Waals surface area contributed by atoms with Gasteiger partial charge in [-0.3, -0.25) is 5.10 Å². The number of nitrogens with one attached hydrogen (secondary N) is 2. The van der Waals surface area contributed by atoms with Crippen molar-refractivity contribution in [3.8, 4) is 11.5 Å². The van der Waals surface area contributed by atoms with E-state index < -0.39 is 0 Å². The number of hydrogen-bond acceptors (Lipinski definition) is 2. The summed E-state index contributed by atoms with van der Waals surface area (Å²) in [7, 11) is 0. The minimum atomic E-state index is 0.791. The number of aromatic nitrogens is 4. The zero-order valence-corrected chi connectivity index (χ0v) is 13.8. The number of nitrogens with zero attached hydrogens (tertiary/aromatic N) is 2. The van der Waals surface area contributed by atoms with Crippen LogP contribution in [0.3, 0.4) is 0 Å². The predicted octanol–water partition coefficient (Wildman–Crippen LogP) is 5.41. The third kappa shape index (κ3) is 1.73. The molecule has 2 N–H and O–H groups in total. The molecule has 0 fully saturated rings. The fourth-order valence-corrected chi connectivity index (χ4v) is 3.88. The van der Waals surface area contributed by atoms with E-state index in [0.717, 1.165) is 38.8 Å². The molecule has 0 spiro atoms. The summed E-state index contributed by atoms with van der Waals surface area (Å²) >= 11 is 0. The Morgan fingerprint density at radius 2 is 1.23 bits per heavy atom. The maximum atomic E-state index is 4.95. The molecule has 0 aliphatic heterocycles.